The lowest BCUT2D eigenvalue weighted by Gasteiger charge is -2.10. The molecule has 1 unspecified atom stereocenters. The predicted molar refractivity (Wildman–Crippen MR) is 128 cm³/mol. The number of pyridine rings is 2. The molecule has 4 rings (SSSR count). The molecule has 3 aromatic heterocycles. The lowest BCUT2D eigenvalue weighted by Crippen LogP contribution is -2.13. The minimum absolute atomic E-state index is 0.0812. The van der Waals surface area contributed by atoms with Gasteiger partial charge in [0.05, 0.1) is 16.3 Å². The highest BCUT2D eigenvalue weighted by atomic mass is 32.2. The Balaban J connectivity index is 1.74. The molecule has 6 nitrogen and oxygen atoms in total. The van der Waals surface area contributed by atoms with E-state index in [4.69, 9.17) is 0 Å². The normalized spacial score (nSPS) is 12.1. The molecule has 0 amide bonds. The Morgan fingerprint density at radius 3 is 2.64 bits per heavy atom. The standard InChI is InChI=1S/C23H20F2N4O2S2/c1-3-8-33(31)29-18-6-5-17(24)20(21(18)25)22(30)16-12-28-23-15(16)9-14(11-27-23)13-4-7-19(32-2)26-10-13/h4-7,9-12,29H,3,8H2,1-2H3,(H,27,28). The summed E-state index contributed by atoms with van der Waals surface area (Å²) in [6.07, 6.45) is 7.27. The van der Waals surface area contributed by atoms with Crippen molar-refractivity contribution in [3.8, 4) is 11.1 Å². The van der Waals surface area contributed by atoms with Crippen LogP contribution in [-0.4, -0.2) is 37.0 Å². The van der Waals surface area contributed by atoms with E-state index in [2.05, 4.69) is 19.7 Å². The van der Waals surface area contributed by atoms with Gasteiger partial charge in [0.15, 0.2) is 5.82 Å². The maximum absolute atomic E-state index is 15.1. The lowest BCUT2D eigenvalue weighted by atomic mass is 10.00. The minimum Gasteiger partial charge on any atom is -0.345 e. The van der Waals surface area contributed by atoms with Crippen LogP contribution in [0.25, 0.3) is 22.2 Å². The van der Waals surface area contributed by atoms with Crippen LogP contribution in [0.1, 0.15) is 29.3 Å². The minimum atomic E-state index is -1.54. The molecule has 1 atom stereocenters. The third-order valence-corrected chi connectivity index (χ3v) is 6.87. The number of carbonyl (C=O) groups is 1. The van der Waals surface area contributed by atoms with Crippen LogP contribution in [0.2, 0.25) is 0 Å². The van der Waals surface area contributed by atoms with E-state index in [0.717, 1.165) is 22.7 Å². The number of hydrogen-bond donors (Lipinski definition) is 2. The second-order valence-electron chi connectivity index (χ2n) is 7.18. The van der Waals surface area contributed by atoms with E-state index in [1.165, 1.54) is 18.0 Å². The summed E-state index contributed by atoms with van der Waals surface area (Å²) in [6.45, 7) is 1.84. The van der Waals surface area contributed by atoms with Gasteiger partial charge in [-0.25, -0.2) is 23.0 Å². The number of ketones is 1. The van der Waals surface area contributed by atoms with Gasteiger partial charge in [0.25, 0.3) is 0 Å². The van der Waals surface area contributed by atoms with Gasteiger partial charge in [0.1, 0.15) is 22.5 Å². The Kier molecular flexibility index (Phi) is 6.85. The van der Waals surface area contributed by atoms with E-state index in [-0.39, 0.29) is 11.3 Å². The van der Waals surface area contributed by atoms with Crippen LogP contribution in [-0.2, 0) is 11.0 Å². The Morgan fingerprint density at radius 2 is 1.94 bits per heavy atom. The third-order valence-electron chi connectivity index (χ3n) is 4.99. The molecule has 10 heteroatoms. The summed E-state index contributed by atoms with van der Waals surface area (Å²) in [5, 5.41) is 1.29. The fraction of sp³-hybridized carbons (Fsp3) is 0.174. The number of nitrogens with one attached hydrogen (secondary N) is 2. The highest BCUT2D eigenvalue weighted by molar-refractivity contribution is 7.98. The topological polar surface area (TPSA) is 87.7 Å². The molecule has 0 spiro atoms. The van der Waals surface area contributed by atoms with Gasteiger partial charge in [-0.3, -0.25) is 4.79 Å². The monoisotopic (exact) mass is 486 g/mol. The summed E-state index contributed by atoms with van der Waals surface area (Å²) in [4.78, 5) is 24.8. The molecule has 4 aromatic rings. The fourth-order valence-electron chi connectivity index (χ4n) is 3.35. The number of H-pyrrole nitrogens is 1. The van der Waals surface area contributed by atoms with Crippen molar-refractivity contribution in [3.63, 3.8) is 0 Å². The average Bonchev–Trinajstić information content (AvgIpc) is 3.24. The first-order chi connectivity index (χ1) is 15.9. The Labute approximate surface area is 195 Å². The van der Waals surface area contributed by atoms with Gasteiger partial charge in [0.2, 0.25) is 5.78 Å². The molecule has 1 aromatic carbocycles. The van der Waals surface area contributed by atoms with Crippen LogP contribution >= 0.6 is 11.8 Å². The first-order valence-electron chi connectivity index (χ1n) is 10.1. The van der Waals surface area contributed by atoms with Crippen LogP contribution in [0.5, 0.6) is 0 Å². The molecule has 0 radical (unpaired) electrons. The SMILES string of the molecule is CCCS(=O)Nc1ccc(F)c(C(=O)c2c[nH]c3ncc(-c4ccc(SC)nc4)cc23)c1F. The smallest absolute Gasteiger partial charge is 0.201 e. The third kappa shape index (κ3) is 4.67. The zero-order chi connectivity index (χ0) is 23.5. The molecule has 0 aliphatic heterocycles. The number of thioether (sulfide) groups is 1. The highest BCUT2D eigenvalue weighted by Crippen LogP contribution is 2.29. The number of rotatable bonds is 8. The molecule has 0 aliphatic rings. The van der Waals surface area contributed by atoms with E-state index >= 15 is 4.39 Å². The van der Waals surface area contributed by atoms with Gasteiger partial charge in [-0.1, -0.05) is 13.0 Å². The van der Waals surface area contributed by atoms with Crippen molar-refractivity contribution in [2.75, 3.05) is 16.7 Å². The number of carbonyl (C=O) groups excluding carboxylic acids is 1. The number of aromatic nitrogens is 3. The Morgan fingerprint density at radius 1 is 1.15 bits per heavy atom. The van der Waals surface area contributed by atoms with Crippen molar-refractivity contribution in [1.29, 1.82) is 0 Å². The molecular weight excluding hydrogens is 466 g/mol. The zero-order valence-corrected chi connectivity index (χ0v) is 19.4. The predicted octanol–water partition coefficient (Wildman–Crippen LogP) is 5.34. The molecule has 3 heterocycles. The van der Waals surface area contributed by atoms with E-state index in [1.54, 1.807) is 18.5 Å². The largest absolute Gasteiger partial charge is 0.345 e. The van der Waals surface area contributed by atoms with Crippen molar-refractivity contribution in [2.45, 2.75) is 18.4 Å². The van der Waals surface area contributed by atoms with Crippen molar-refractivity contribution < 1.29 is 17.8 Å². The Hall–Kier alpha value is -3.11. The molecule has 0 saturated carbocycles. The first-order valence-corrected chi connectivity index (χ1v) is 12.6. The molecular formula is C23H20F2N4O2S2. The molecule has 170 valence electrons. The highest BCUT2D eigenvalue weighted by Gasteiger charge is 2.25. The van der Waals surface area contributed by atoms with Gasteiger partial charge in [0, 0.05) is 46.4 Å². The van der Waals surface area contributed by atoms with Gasteiger partial charge in [-0.05, 0) is 36.9 Å². The number of halogens is 2. The van der Waals surface area contributed by atoms with Gasteiger partial charge in [-0.15, -0.1) is 11.8 Å². The van der Waals surface area contributed by atoms with Gasteiger partial charge in [-0.2, -0.15) is 0 Å². The van der Waals surface area contributed by atoms with Crippen LogP contribution < -0.4 is 4.72 Å². The maximum atomic E-state index is 15.1. The number of fused-ring (bicyclic) bond motifs is 1. The molecule has 0 saturated heterocycles. The second-order valence-corrected chi connectivity index (χ2v) is 9.31. The van der Waals surface area contributed by atoms with Crippen LogP contribution in [0.4, 0.5) is 14.5 Å². The number of aromatic amines is 1. The van der Waals surface area contributed by atoms with E-state index < -0.39 is 34.0 Å². The molecule has 2 N–H and O–H groups in total. The quantitative estimate of drug-likeness (QED) is 0.259. The van der Waals surface area contributed by atoms with Gasteiger partial charge >= 0.3 is 0 Å². The molecule has 0 bridgehead atoms. The average molecular weight is 487 g/mol. The Bertz CT molecular complexity index is 1360. The van der Waals surface area contributed by atoms with E-state index in [0.29, 0.717) is 28.8 Å². The zero-order valence-electron chi connectivity index (χ0n) is 17.8. The van der Waals surface area contributed by atoms with Crippen LogP contribution in [0, 0.1) is 11.6 Å². The number of nitrogens with zero attached hydrogens (tertiary/aromatic N) is 2. The van der Waals surface area contributed by atoms with Gasteiger partial charge < -0.3 is 9.71 Å². The number of hydrogen-bond acceptors (Lipinski definition) is 5. The number of benzene rings is 1. The summed E-state index contributed by atoms with van der Waals surface area (Å²) in [5.41, 5.74) is 1.09. The summed E-state index contributed by atoms with van der Waals surface area (Å²) in [5.74, 6) is -2.63. The van der Waals surface area contributed by atoms with E-state index in [1.807, 2.05) is 25.3 Å². The van der Waals surface area contributed by atoms with Crippen molar-refractivity contribution in [3.05, 3.63) is 71.7 Å². The number of anilines is 1. The summed E-state index contributed by atoms with van der Waals surface area (Å²) in [7, 11) is -1.54. The summed E-state index contributed by atoms with van der Waals surface area (Å²) >= 11 is 1.52. The molecule has 0 aliphatic carbocycles. The maximum Gasteiger partial charge on any atom is 0.201 e. The van der Waals surface area contributed by atoms with Crippen LogP contribution in [0.3, 0.4) is 0 Å². The molecule has 33 heavy (non-hydrogen) atoms. The van der Waals surface area contributed by atoms with Crippen LogP contribution in [0.15, 0.2) is 53.9 Å². The first kappa shape index (κ1) is 23.1. The second kappa shape index (κ2) is 9.80. The fourth-order valence-corrected chi connectivity index (χ4v) is 4.59. The van der Waals surface area contributed by atoms with Crippen molar-refractivity contribution in [1.82, 2.24) is 15.0 Å². The summed E-state index contributed by atoms with van der Waals surface area (Å²) in [6, 6.07) is 7.62. The summed E-state index contributed by atoms with van der Waals surface area (Å²) < 4.78 is 44.2. The van der Waals surface area contributed by atoms with E-state index in [9.17, 15) is 13.4 Å². The van der Waals surface area contributed by atoms with Crippen molar-refractivity contribution >= 4 is 45.3 Å². The van der Waals surface area contributed by atoms with Crippen molar-refractivity contribution in [2.24, 2.45) is 0 Å². The lowest BCUT2D eigenvalue weighted by molar-refractivity contribution is 0.103. The molecule has 0 fully saturated rings.